The number of hydrogen-bond donors (Lipinski definition) is 1. The Hall–Kier alpha value is -1.66. The zero-order valence-corrected chi connectivity index (χ0v) is 15.4. The van der Waals surface area contributed by atoms with E-state index in [1.165, 1.54) is 25.1 Å². The summed E-state index contributed by atoms with van der Waals surface area (Å²) in [6.07, 6.45) is 6.88. The van der Waals surface area contributed by atoms with Gasteiger partial charge in [-0.25, -0.2) is 4.98 Å². The lowest BCUT2D eigenvalue weighted by Crippen LogP contribution is -2.64. The molecule has 2 aliphatic rings. The first kappa shape index (κ1) is 18.1. The molecule has 1 aromatic heterocycles. The minimum atomic E-state index is -0.620. The van der Waals surface area contributed by atoms with Gasteiger partial charge in [-0.2, -0.15) is 0 Å². The maximum absolute atomic E-state index is 12.9. The lowest BCUT2D eigenvalue weighted by atomic mass is 9.60. The van der Waals surface area contributed by atoms with Crippen LogP contribution in [0.4, 0.5) is 0 Å². The van der Waals surface area contributed by atoms with Crippen LogP contribution < -0.4 is 5.73 Å². The lowest BCUT2D eigenvalue weighted by Gasteiger charge is -2.56. The summed E-state index contributed by atoms with van der Waals surface area (Å²) >= 11 is 6.17. The first-order valence-electron chi connectivity index (χ1n) is 8.75. The van der Waals surface area contributed by atoms with Crippen LogP contribution in [-0.2, 0) is 4.74 Å². The summed E-state index contributed by atoms with van der Waals surface area (Å²) in [5, 5.41) is 0.148. The number of ether oxygens (including phenoxy) is 1. The largest absolute Gasteiger partial charge is 0.378 e. The van der Waals surface area contributed by atoms with Crippen LogP contribution >= 0.6 is 11.6 Å². The normalized spacial score (nSPS) is 24.1. The second-order valence-corrected chi connectivity index (χ2v) is 7.38. The fourth-order valence-corrected chi connectivity index (χ4v) is 4.68. The average molecular weight is 366 g/mol. The molecule has 0 aliphatic heterocycles. The quantitative estimate of drug-likeness (QED) is 0.869. The first-order valence-corrected chi connectivity index (χ1v) is 9.12. The third-order valence-electron chi connectivity index (χ3n) is 5.76. The number of carbonyl (C=O) groups is 2. The summed E-state index contributed by atoms with van der Waals surface area (Å²) < 4.78 is 5.92. The van der Waals surface area contributed by atoms with E-state index in [9.17, 15) is 9.59 Å². The molecule has 25 heavy (non-hydrogen) atoms. The van der Waals surface area contributed by atoms with Crippen molar-refractivity contribution in [3.8, 4) is 0 Å². The van der Waals surface area contributed by atoms with Crippen LogP contribution in [0.2, 0.25) is 5.02 Å². The highest BCUT2D eigenvalue weighted by atomic mass is 35.5. The van der Waals surface area contributed by atoms with Crippen molar-refractivity contribution in [3.05, 3.63) is 28.5 Å². The van der Waals surface area contributed by atoms with Gasteiger partial charge in [-0.3, -0.25) is 9.59 Å². The molecule has 136 valence electrons. The molecule has 2 aliphatic carbocycles. The van der Waals surface area contributed by atoms with Crippen LogP contribution in [0.5, 0.6) is 0 Å². The molecule has 7 heteroatoms. The maximum atomic E-state index is 12.9. The molecule has 1 heterocycles. The molecule has 2 fully saturated rings. The maximum Gasteiger partial charge on any atom is 0.274 e. The summed E-state index contributed by atoms with van der Waals surface area (Å²) in [7, 11) is 1.80. The van der Waals surface area contributed by atoms with Gasteiger partial charge in [-0.1, -0.05) is 24.4 Å². The van der Waals surface area contributed by atoms with E-state index in [0.717, 1.165) is 19.3 Å². The number of nitrogens with two attached hydrogens (primary N) is 1. The zero-order chi connectivity index (χ0) is 18.2. The second kappa shape index (κ2) is 6.92. The van der Waals surface area contributed by atoms with Crippen molar-refractivity contribution >= 4 is 23.4 Å². The number of halogens is 1. The number of rotatable bonds is 5. The predicted octanol–water partition coefficient (Wildman–Crippen LogP) is 2.64. The van der Waals surface area contributed by atoms with Gasteiger partial charge in [0.15, 0.2) is 0 Å². The number of hydrogen-bond acceptors (Lipinski definition) is 4. The van der Waals surface area contributed by atoms with Crippen molar-refractivity contribution < 1.29 is 14.3 Å². The van der Waals surface area contributed by atoms with Gasteiger partial charge in [-0.15, -0.1) is 0 Å². The van der Waals surface area contributed by atoms with E-state index in [0.29, 0.717) is 6.61 Å². The molecule has 0 unspecified atom stereocenters. The molecule has 2 amide bonds. The van der Waals surface area contributed by atoms with Gasteiger partial charge in [-0.05, 0) is 32.3 Å². The molecule has 2 saturated carbocycles. The Morgan fingerprint density at radius 3 is 2.68 bits per heavy atom. The third kappa shape index (κ3) is 3.02. The lowest BCUT2D eigenvalue weighted by molar-refractivity contribution is -0.152. The Kier molecular flexibility index (Phi) is 5.02. The van der Waals surface area contributed by atoms with Crippen LogP contribution in [0.3, 0.4) is 0 Å². The summed E-state index contributed by atoms with van der Waals surface area (Å²) in [5.41, 5.74) is 5.62. The summed E-state index contributed by atoms with van der Waals surface area (Å²) in [6.45, 7) is 2.70. The van der Waals surface area contributed by atoms with E-state index in [1.807, 2.05) is 6.92 Å². The Labute approximate surface area is 152 Å². The van der Waals surface area contributed by atoms with E-state index in [1.54, 1.807) is 11.9 Å². The molecule has 0 aromatic carbocycles. The highest BCUT2D eigenvalue weighted by Crippen LogP contribution is 2.56. The molecule has 1 aromatic rings. The smallest absolute Gasteiger partial charge is 0.274 e. The van der Waals surface area contributed by atoms with E-state index in [-0.39, 0.29) is 39.7 Å². The SMILES string of the molecule is CCO[C@H]1C[C@@H](N(C)C(=O)c2ncc(C(N)=O)cc2Cl)C12CCCC2. The predicted molar refractivity (Wildman–Crippen MR) is 94.6 cm³/mol. The van der Waals surface area contributed by atoms with E-state index < -0.39 is 5.91 Å². The molecule has 2 atom stereocenters. The summed E-state index contributed by atoms with van der Waals surface area (Å²) in [4.78, 5) is 29.9. The highest BCUT2D eigenvalue weighted by Gasteiger charge is 2.59. The Balaban J connectivity index is 1.80. The molecule has 0 radical (unpaired) electrons. The molecule has 1 spiro atoms. The molecular formula is C18H24ClN3O3. The number of amides is 2. The van der Waals surface area contributed by atoms with E-state index >= 15 is 0 Å². The van der Waals surface area contributed by atoms with Crippen LogP contribution in [-0.4, -0.2) is 47.5 Å². The molecular weight excluding hydrogens is 342 g/mol. The monoisotopic (exact) mass is 365 g/mol. The van der Waals surface area contributed by atoms with Crippen molar-refractivity contribution in [1.29, 1.82) is 0 Å². The Morgan fingerprint density at radius 1 is 1.44 bits per heavy atom. The van der Waals surface area contributed by atoms with Crippen molar-refractivity contribution in [1.82, 2.24) is 9.88 Å². The average Bonchev–Trinajstić information content (AvgIpc) is 3.09. The highest BCUT2D eigenvalue weighted by molar-refractivity contribution is 6.33. The summed E-state index contributed by atoms with van der Waals surface area (Å²) in [6, 6.07) is 1.53. The first-order chi connectivity index (χ1) is 11.9. The van der Waals surface area contributed by atoms with E-state index in [2.05, 4.69) is 4.98 Å². The molecule has 0 bridgehead atoms. The molecule has 0 saturated heterocycles. The van der Waals surface area contributed by atoms with Gasteiger partial charge in [0.1, 0.15) is 5.69 Å². The van der Waals surface area contributed by atoms with Crippen molar-refractivity contribution in [2.75, 3.05) is 13.7 Å². The van der Waals surface area contributed by atoms with Crippen LogP contribution in [0.1, 0.15) is 59.9 Å². The number of nitrogens with zero attached hydrogens (tertiary/aromatic N) is 2. The zero-order valence-electron chi connectivity index (χ0n) is 14.6. The Bertz CT molecular complexity index is 688. The van der Waals surface area contributed by atoms with Gasteiger partial charge >= 0.3 is 0 Å². The van der Waals surface area contributed by atoms with Gasteiger partial charge in [0.2, 0.25) is 5.91 Å². The van der Waals surface area contributed by atoms with E-state index in [4.69, 9.17) is 22.1 Å². The number of pyridine rings is 1. The van der Waals surface area contributed by atoms with Gasteiger partial charge < -0.3 is 15.4 Å². The molecule has 3 rings (SSSR count). The van der Waals surface area contributed by atoms with Crippen LogP contribution in [0.25, 0.3) is 0 Å². The Morgan fingerprint density at radius 2 is 2.12 bits per heavy atom. The number of primary amides is 1. The van der Waals surface area contributed by atoms with Crippen molar-refractivity contribution in [2.45, 2.75) is 51.2 Å². The van der Waals surface area contributed by atoms with Crippen molar-refractivity contribution in [2.24, 2.45) is 11.1 Å². The minimum absolute atomic E-state index is 0.0556. The topological polar surface area (TPSA) is 85.5 Å². The number of aromatic nitrogens is 1. The molecule has 2 N–H and O–H groups in total. The standard InChI is InChI=1S/C18H24ClN3O3/c1-3-25-14-9-13(18(14)6-4-5-7-18)22(2)17(24)15-12(19)8-11(10-21-15)16(20)23/h8,10,13-14H,3-7,9H2,1-2H3,(H2,20,23)/t13-,14+/m1/s1. The number of carbonyl (C=O) groups excluding carboxylic acids is 2. The minimum Gasteiger partial charge on any atom is -0.378 e. The fraction of sp³-hybridized carbons (Fsp3) is 0.611. The van der Waals surface area contributed by atoms with Crippen LogP contribution in [0, 0.1) is 5.41 Å². The fourth-order valence-electron chi connectivity index (χ4n) is 4.43. The van der Waals surface area contributed by atoms with Gasteiger partial charge in [0.05, 0.1) is 16.7 Å². The second-order valence-electron chi connectivity index (χ2n) is 6.97. The third-order valence-corrected chi connectivity index (χ3v) is 6.05. The van der Waals surface area contributed by atoms with Gasteiger partial charge in [0, 0.05) is 31.3 Å². The van der Waals surface area contributed by atoms with Crippen molar-refractivity contribution in [3.63, 3.8) is 0 Å². The van der Waals surface area contributed by atoms with Gasteiger partial charge in [0.25, 0.3) is 5.91 Å². The van der Waals surface area contributed by atoms with Crippen LogP contribution in [0.15, 0.2) is 12.3 Å². The molecule has 6 nitrogen and oxygen atoms in total. The summed E-state index contributed by atoms with van der Waals surface area (Å²) in [5.74, 6) is -0.850.